The monoisotopic (exact) mass is 898 g/mol. The highest BCUT2D eigenvalue weighted by Crippen LogP contribution is 2.38. The van der Waals surface area contributed by atoms with Gasteiger partial charge in [-0.25, -0.2) is 4.79 Å². The van der Waals surface area contributed by atoms with E-state index in [-0.39, 0.29) is 60.7 Å². The van der Waals surface area contributed by atoms with E-state index < -0.39 is 77.8 Å². The van der Waals surface area contributed by atoms with Gasteiger partial charge in [-0.05, 0) is 114 Å². The van der Waals surface area contributed by atoms with Crippen molar-refractivity contribution >= 4 is 29.2 Å². The largest absolute Gasteiger partial charge is 0.460 e. The number of esters is 1. The Morgan fingerprint density at radius 1 is 0.844 bits per heavy atom. The van der Waals surface area contributed by atoms with Gasteiger partial charge in [-0.1, -0.05) is 83.6 Å². The SMILES string of the molecule is CO[C@@H]1CC(C[C@@H](C)C2CC(=O)[C@H](C)/C=C(\C)[C@@H](O)[C@@H](OC)C(=O)[C@H](C)C[C@H](C)/C=C/C=C/C=C(\C)[C@@H](C)C[C@@H]3CC[C@@H](C)[C@@](O)(O3)C(=O)C(=O)N3CCCC[C@H]3C(=O)O2)CC[C@H]1O. The van der Waals surface area contributed by atoms with Crippen molar-refractivity contribution < 1.29 is 58.2 Å². The Balaban J connectivity index is 1.69. The molecule has 360 valence electrons. The molecule has 0 aromatic carbocycles. The highest BCUT2D eigenvalue weighted by atomic mass is 16.6. The summed E-state index contributed by atoms with van der Waals surface area (Å²) in [5.41, 5.74) is 1.46. The lowest BCUT2D eigenvalue weighted by Gasteiger charge is -2.42. The van der Waals surface area contributed by atoms with Crippen molar-refractivity contribution in [2.75, 3.05) is 20.8 Å². The number of nitrogens with zero attached hydrogens (tertiary/aromatic N) is 1. The van der Waals surface area contributed by atoms with Gasteiger partial charge in [-0.3, -0.25) is 19.2 Å². The quantitative estimate of drug-likeness (QED) is 0.149. The zero-order valence-electron chi connectivity index (χ0n) is 40.2. The Morgan fingerprint density at radius 3 is 2.25 bits per heavy atom. The molecule has 1 amide bonds. The van der Waals surface area contributed by atoms with Crippen molar-refractivity contribution in [1.29, 1.82) is 0 Å². The summed E-state index contributed by atoms with van der Waals surface area (Å²) in [5.74, 6) is -7.66. The Kier molecular flexibility index (Phi) is 20.4. The van der Waals surface area contributed by atoms with Crippen molar-refractivity contribution in [3.63, 3.8) is 0 Å². The molecule has 0 aromatic heterocycles. The van der Waals surface area contributed by atoms with E-state index in [4.69, 9.17) is 18.9 Å². The molecule has 3 N–H and O–H groups in total. The van der Waals surface area contributed by atoms with Crippen LogP contribution in [0.4, 0.5) is 0 Å². The van der Waals surface area contributed by atoms with E-state index in [1.807, 2.05) is 65.0 Å². The molecule has 13 nitrogen and oxygen atoms in total. The first kappa shape index (κ1) is 53.3. The third-order valence-corrected chi connectivity index (χ3v) is 14.6. The van der Waals surface area contributed by atoms with Gasteiger partial charge in [-0.2, -0.15) is 0 Å². The minimum absolute atomic E-state index is 0.0315. The summed E-state index contributed by atoms with van der Waals surface area (Å²) in [5, 5.41) is 33.8. The highest BCUT2D eigenvalue weighted by molar-refractivity contribution is 6.39. The van der Waals surface area contributed by atoms with E-state index >= 15 is 0 Å². The number of ether oxygens (including phenoxy) is 4. The van der Waals surface area contributed by atoms with E-state index in [2.05, 4.69) is 0 Å². The number of piperidine rings is 1. The van der Waals surface area contributed by atoms with E-state index in [1.165, 1.54) is 12.0 Å². The normalized spacial score (nSPS) is 40.9. The number of aliphatic hydroxyl groups is 3. The van der Waals surface area contributed by atoms with E-state index in [9.17, 15) is 39.3 Å². The van der Waals surface area contributed by atoms with Crippen LogP contribution in [0.25, 0.3) is 0 Å². The Labute approximate surface area is 382 Å². The average molecular weight is 898 g/mol. The predicted molar refractivity (Wildman–Crippen MR) is 244 cm³/mol. The lowest BCUT2D eigenvalue weighted by molar-refractivity contribution is -0.264. The van der Waals surface area contributed by atoms with Gasteiger partial charge in [0.15, 0.2) is 5.78 Å². The number of carbonyl (C=O) groups excluding carboxylic acids is 5. The second kappa shape index (κ2) is 24.4. The van der Waals surface area contributed by atoms with Gasteiger partial charge in [0, 0.05) is 44.9 Å². The second-order valence-corrected chi connectivity index (χ2v) is 19.8. The van der Waals surface area contributed by atoms with Crippen LogP contribution >= 0.6 is 0 Å². The van der Waals surface area contributed by atoms with Gasteiger partial charge in [0.1, 0.15) is 30.1 Å². The lowest BCUT2D eigenvalue weighted by Crippen LogP contribution is -2.60. The fraction of sp³-hybridized carbons (Fsp3) is 0.745. The van der Waals surface area contributed by atoms with Crippen LogP contribution in [0.3, 0.4) is 0 Å². The topological polar surface area (TPSA) is 186 Å². The Morgan fingerprint density at radius 2 is 1.56 bits per heavy atom. The van der Waals surface area contributed by atoms with E-state index in [0.717, 1.165) is 12.0 Å². The first-order chi connectivity index (χ1) is 30.2. The number of methoxy groups -OCH3 is 2. The lowest BCUT2D eigenvalue weighted by atomic mass is 9.78. The summed E-state index contributed by atoms with van der Waals surface area (Å²) in [6.45, 7) is 15.0. The fourth-order valence-corrected chi connectivity index (χ4v) is 10.0. The van der Waals surface area contributed by atoms with Crippen LogP contribution in [0.1, 0.15) is 132 Å². The van der Waals surface area contributed by atoms with Crippen LogP contribution in [-0.4, -0.2) is 119 Å². The minimum atomic E-state index is -2.37. The van der Waals surface area contributed by atoms with Crippen LogP contribution in [0.5, 0.6) is 0 Å². The number of aliphatic hydroxyl groups excluding tert-OH is 2. The maximum absolute atomic E-state index is 14.3. The molecule has 0 aromatic rings. The van der Waals surface area contributed by atoms with Crippen LogP contribution in [0.2, 0.25) is 0 Å². The molecule has 2 bridgehead atoms. The van der Waals surface area contributed by atoms with Gasteiger partial charge in [-0.15, -0.1) is 0 Å². The Hall–Kier alpha value is -3.33. The van der Waals surface area contributed by atoms with Gasteiger partial charge in [0.25, 0.3) is 11.7 Å². The van der Waals surface area contributed by atoms with Crippen LogP contribution in [0, 0.1) is 41.4 Å². The molecule has 3 aliphatic heterocycles. The van der Waals surface area contributed by atoms with Crippen molar-refractivity contribution in [2.45, 2.75) is 181 Å². The molecule has 0 radical (unpaired) electrons. The highest BCUT2D eigenvalue weighted by Gasteiger charge is 2.53. The van der Waals surface area contributed by atoms with E-state index in [1.54, 1.807) is 34.0 Å². The molecule has 64 heavy (non-hydrogen) atoms. The molecule has 0 spiro atoms. The maximum atomic E-state index is 14.3. The molecule has 4 rings (SSSR count). The number of hydrogen-bond acceptors (Lipinski definition) is 12. The molecule has 2 saturated heterocycles. The summed E-state index contributed by atoms with van der Waals surface area (Å²) in [6.07, 6.45) is 12.5. The molecule has 3 heterocycles. The second-order valence-electron chi connectivity index (χ2n) is 19.8. The number of cyclic esters (lactones) is 1. The predicted octanol–water partition coefficient (Wildman–Crippen LogP) is 6.80. The molecule has 13 heteroatoms. The number of carbonyl (C=O) groups is 5. The molecule has 4 aliphatic rings. The Bertz CT molecular complexity index is 1740. The smallest absolute Gasteiger partial charge is 0.329 e. The molecular weight excluding hydrogens is 819 g/mol. The maximum Gasteiger partial charge on any atom is 0.329 e. The van der Waals surface area contributed by atoms with Gasteiger partial charge >= 0.3 is 5.97 Å². The molecule has 2 unspecified atom stereocenters. The fourth-order valence-electron chi connectivity index (χ4n) is 10.0. The van der Waals surface area contributed by atoms with Gasteiger partial charge in [0.05, 0.1) is 18.3 Å². The first-order valence-electron chi connectivity index (χ1n) is 23.9. The molecule has 1 saturated carbocycles. The number of Topliss-reactive ketones (excluding diaryl/α,β-unsaturated/α-hetero) is 3. The van der Waals surface area contributed by atoms with Gasteiger partial charge in [0.2, 0.25) is 5.79 Å². The summed E-state index contributed by atoms with van der Waals surface area (Å²) >= 11 is 0. The number of amides is 1. The van der Waals surface area contributed by atoms with Crippen LogP contribution in [0.15, 0.2) is 47.6 Å². The third kappa shape index (κ3) is 13.9. The zero-order valence-corrected chi connectivity index (χ0v) is 40.2. The van der Waals surface area contributed by atoms with Crippen molar-refractivity contribution in [3.8, 4) is 0 Å². The molecule has 15 atom stereocenters. The van der Waals surface area contributed by atoms with Crippen LogP contribution in [-0.2, 0) is 42.9 Å². The summed E-state index contributed by atoms with van der Waals surface area (Å²) < 4.78 is 23.6. The number of hydrogen-bond donors (Lipinski definition) is 3. The molecule has 1 aliphatic carbocycles. The minimum Gasteiger partial charge on any atom is -0.460 e. The number of fused-ring (bicyclic) bond motifs is 3. The molecular formula is C51H79NO12. The van der Waals surface area contributed by atoms with Crippen molar-refractivity contribution in [2.24, 2.45) is 41.4 Å². The van der Waals surface area contributed by atoms with Crippen LogP contribution < -0.4 is 0 Å². The summed E-state index contributed by atoms with van der Waals surface area (Å²) in [6, 6.07) is -1.12. The van der Waals surface area contributed by atoms with Crippen molar-refractivity contribution in [1.82, 2.24) is 4.90 Å². The number of allylic oxidation sites excluding steroid dienone is 7. The molecule has 3 fully saturated rings. The van der Waals surface area contributed by atoms with Gasteiger partial charge < -0.3 is 39.2 Å². The first-order valence-corrected chi connectivity index (χ1v) is 23.9. The number of ketones is 3. The number of rotatable bonds is 5. The van der Waals surface area contributed by atoms with E-state index in [0.29, 0.717) is 63.4 Å². The summed E-state index contributed by atoms with van der Waals surface area (Å²) in [7, 11) is 2.95. The van der Waals surface area contributed by atoms with Crippen molar-refractivity contribution in [3.05, 3.63) is 47.6 Å². The zero-order chi connectivity index (χ0) is 47.5. The summed E-state index contributed by atoms with van der Waals surface area (Å²) in [4.78, 5) is 71.7. The standard InChI is InChI=1S/C51H79NO12/c1-30-16-12-11-13-17-31(2)32(3)27-39-21-19-37(8)51(60,64-39)48(57)49(58)52-23-15-14-18-40(52)50(59)63-43(34(5)26-38-20-22-41(53)44(28-38)61-9)29-42(54)33(4)25-36(7)46(56)47(62-10)45(55)35(6)24-30/h11-13,16-17,25,30,32-35,37-41,43-44,46-47,53,56,60H,14-15,18-24,26-29H2,1-10H3/b13-11+,16-12+,31-17+,36-25+/t30-,32+,33-,34-,35-,37-,38?,39+,40+,41-,43?,44-,46-,47+,51-/m1/s1. The average Bonchev–Trinajstić information content (AvgIpc) is 3.26. The third-order valence-electron chi connectivity index (χ3n) is 14.6.